The lowest BCUT2D eigenvalue weighted by Gasteiger charge is -2.17. The zero-order chi connectivity index (χ0) is 21.4. The van der Waals surface area contributed by atoms with Crippen molar-refractivity contribution in [2.45, 2.75) is 13.0 Å². The molecule has 1 amide bonds. The van der Waals surface area contributed by atoms with E-state index < -0.39 is 0 Å². The van der Waals surface area contributed by atoms with Crippen LogP contribution in [0.2, 0.25) is 0 Å². The molecule has 4 aromatic carbocycles. The van der Waals surface area contributed by atoms with E-state index in [-0.39, 0.29) is 17.8 Å². The number of fused-ring (bicyclic) bond motifs is 2. The van der Waals surface area contributed by atoms with Crippen molar-refractivity contribution in [2.75, 3.05) is 0 Å². The summed E-state index contributed by atoms with van der Waals surface area (Å²) < 4.78 is 15.0. The number of carbonyl (C=O) groups excluding carboxylic acids is 1. The van der Waals surface area contributed by atoms with Gasteiger partial charge in [0, 0.05) is 5.39 Å². The molecule has 1 N–H and O–H groups in total. The Bertz CT molecular complexity index is 1400. The molecular weight excluding hydrogens is 389 g/mol. The molecule has 152 valence electrons. The molecule has 0 bridgehead atoms. The van der Waals surface area contributed by atoms with Crippen LogP contribution in [0, 0.1) is 5.82 Å². The Morgan fingerprint density at radius 2 is 1.65 bits per heavy atom. The third-order valence-corrected chi connectivity index (χ3v) is 5.57. The first kappa shape index (κ1) is 19.0. The van der Waals surface area contributed by atoms with Crippen LogP contribution in [0.25, 0.3) is 27.4 Å². The van der Waals surface area contributed by atoms with Gasteiger partial charge in [-0.15, -0.1) is 0 Å². The Labute approximate surface area is 178 Å². The average molecular weight is 409 g/mol. The van der Waals surface area contributed by atoms with Crippen LogP contribution in [0.15, 0.2) is 91.1 Å². The van der Waals surface area contributed by atoms with Gasteiger partial charge in [0.25, 0.3) is 5.91 Å². The van der Waals surface area contributed by atoms with Gasteiger partial charge in [-0.2, -0.15) is 5.10 Å². The Balaban J connectivity index is 1.48. The van der Waals surface area contributed by atoms with Crippen LogP contribution in [0.1, 0.15) is 28.9 Å². The van der Waals surface area contributed by atoms with Gasteiger partial charge in [0.1, 0.15) is 5.82 Å². The van der Waals surface area contributed by atoms with Crippen molar-refractivity contribution >= 4 is 27.6 Å². The zero-order valence-electron chi connectivity index (χ0n) is 16.9. The number of nitrogens with zero attached hydrogens (tertiary/aromatic N) is 2. The molecule has 0 aliphatic heterocycles. The van der Waals surface area contributed by atoms with Gasteiger partial charge in [0.2, 0.25) is 0 Å². The molecule has 5 heteroatoms. The van der Waals surface area contributed by atoms with Crippen LogP contribution < -0.4 is 5.32 Å². The number of aromatic nitrogens is 2. The quantitative estimate of drug-likeness (QED) is 0.407. The van der Waals surface area contributed by atoms with E-state index in [1.807, 2.05) is 43.3 Å². The number of hydrogen-bond acceptors (Lipinski definition) is 2. The fourth-order valence-corrected chi connectivity index (χ4v) is 4.02. The molecule has 5 rings (SSSR count). The molecule has 0 fully saturated rings. The van der Waals surface area contributed by atoms with Crippen LogP contribution >= 0.6 is 0 Å². The van der Waals surface area contributed by atoms with Crippen LogP contribution in [-0.2, 0) is 0 Å². The molecule has 0 aliphatic rings. The molecule has 5 aromatic rings. The number of amides is 1. The molecule has 0 spiro atoms. The van der Waals surface area contributed by atoms with Gasteiger partial charge in [-0.1, -0.05) is 48.5 Å². The van der Waals surface area contributed by atoms with Gasteiger partial charge in [-0.25, -0.2) is 9.07 Å². The first-order valence-corrected chi connectivity index (χ1v) is 10.1. The lowest BCUT2D eigenvalue weighted by molar-refractivity contribution is 0.0942. The van der Waals surface area contributed by atoms with Crippen molar-refractivity contribution in [1.82, 2.24) is 15.1 Å². The molecule has 0 aliphatic carbocycles. The number of hydrogen-bond donors (Lipinski definition) is 1. The maximum atomic E-state index is 13.3. The zero-order valence-corrected chi connectivity index (χ0v) is 16.9. The van der Waals surface area contributed by atoms with E-state index in [0.717, 1.165) is 32.9 Å². The van der Waals surface area contributed by atoms with E-state index in [4.69, 9.17) is 0 Å². The minimum atomic E-state index is -0.303. The Morgan fingerprint density at radius 1 is 0.903 bits per heavy atom. The minimum absolute atomic E-state index is 0.162. The van der Waals surface area contributed by atoms with Crippen molar-refractivity contribution in [1.29, 1.82) is 0 Å². The molecule has 4 nitrogen and oxygen atoms in total. The van der Waals surface area contributed by atoms with Crippen molar-refractivity contribution in [3.63, 3.8) is 0 Å². The van der Waals surface area contributed by atoms with E-state index in [0.29, 0.717) is 5.56 Å². The smallest absolute Gasteiger partial charge is 0.252 e. The third-order valence-electron chi connectivity index (χ3n) is 5.57. The van der Waals surface area contributed by atoms with Crippen LogP contribution in [0.5, 0.6) is 0 Å². The van der Waals surface area contributed by atoms with Crippen molar-refractivity contribution in [3.05, 3.63) is 108 Å². The summed E-state index contributed by atoms with van der Waals surface area (Å²) in [5, 5.41) is 10.6. The van der Waals surface area contributed by atoms with Gasteiger partial charge in [-0.05, 0) is 59.7 Å². The maximum absolute atomic E-state index is 13.3. The van der Waals surface area contributed by atoms with Gasteiger partial charge in [0.15, 0.2) is 0 Å². The topological polar surface area (TPSA) is 46.9 Å². The highest BCUT2D eigenvalue weighted by atomic mass is 19.1. The first-order valence-electron chi connectivity index (χ1n) is 10.1. The predicted molar refractivity (Wildman–Crippen MR) is 121 cm³/mol. The monoisotopic (exact) mass is 409 g/mol. The number of carbonyl (C=O) groups is 1. The molecule has 1 atom stereocenters. The Hall–Kier alpha value is -3.99. The first-order chi connectivity index (χ1) is 15.1. The van der Waals surface area contributed by atoms with E-state index in [1.165, 1.54) is 12.1 Å². The van der Waals surface area contributed by atoms with E-state index >= 15 is 0 Å². The molecular formula is C26H20FN3O. The highest BCUT2D eigenvalue weighted by molar-refractivity contribution is 6.06. The molecule has 0 saturated carbocycles. The van der Waals surface area contributed by atoms with E-state index in [9.17, 15) is 9.18 Å². The predicted octanol–water partition coefficient (Wildman–Crippen LogP) is 5.81. The minimum Gasteiger partial charge on any atom is -0.345 e. The summed E-state index contributed by atoms with van der Waals surface area (Å²) in [7, 11) is 0. The largest absolute Gasteiger partial charge is 0.345 e. The standard InChI is InChI=1S/C26H20FN3O/c1-17(21-9-4-7-18-6-2-3-8-22(18)21)29-26(31)23-10-5-11-25-24(23)16-28-30(25)20-14-12-19(27)13-15-20/h2-17H,1H3,(H,29,31). The van der Waals surface area contributed by atoms with Crippen LogP contribution in [-0.4, -0.2) is 15.7 Å². The second-order valence-electron chi connectivity index (χ2n) is 7.53. The summed E-state index contributed by atoms with van der Waals surface area (Å²) in [6.07, 6.45) is 1.68. The van der Waals surface area contributed by atoms with Gasteiger partial charge >= 0.3 is 0 Å². The normalized spacial score (nSPS) is 12.2. The van der Waals surface area contributed by atoms with Gasteiger partial charge < -0.3 is 5.32 Å². The SMILES string of the molecule is CC(NC(=O)c1cccc2c1cnn2-c1ccc(F)cc1)c1cccc2ccccc12. The summed E-state index contributed by atoms with van der Waals surface area (Å²) in [5.41, 5.74) is 3.15. The van der Waals surface area contributed by atoms with Crippen LogP contribution in [0.4, 0.5) is 4.39 Å². The van der Waals surface area contributed by atoms with Crippen molar-refractivity contribution in [2.24, 2.45) is 0 Å². The number of rotatable bonds is 4. The lowest BCUT2D eigenvalue weighted by atomic mass is 9.99. The van der Waals surface area contributed by atoms with E-state index in [2.05, 4.69) is 28.6 Å². The summed E-state index contributed by atoms with van der Waals surface area (Å²) in [6.45, 7) is 1.99. The summed E-state index contributed by atoms with van der Waals surface area (Å²) >= 11 is 0. The Kier molecular flexibility index (Phi) is 4.71. The van der Waals surface area contributed by atoms with E-state index in [1.54, 1.807) is 29.1 Å². The second kappa shape index (κ2) is 7.69. The molecule has 1 heterocycles. The number of halogens is 1. The fraction of sp³-hybridized carbons (Fsp3) is 0.0769. The average Bonchev–Trinajstić information content (AvgIpc) is 3.23. The molecule has 31 heavy (non-hydrogen) atoms. The van der Waals surface area contributed by atoms with Crippen molar-refractivity contribution in [3.8, 4) is 5.69 Å². The van der Waals surface area contributed by atoms with Gasteiger partial charge in [-0.3, -0.25) is 4.79 Å². The van der Waals surface area contributed by atoms with Gasteiger partial charge in [0.05, 0.1) is 29.0 Å². The fourth-order valence-electron chi connectivity index (χ4n) is 4.02. The molecule has 1 aromatic heterocycles. The summed E-state index contributed by atoms with van der Waals surface area (Å²) in [5.74, 6) is -0.465. The number of nitrogens with one attached hydrogen (secondary N) is 1. The summed E-state index contributed by atoms with van der Waals surface area (Å²) in [4.78, 5) is 13.2. The lowest BCUT2D eigenvalue weighted by Crippen LogP contribution is -2.26. The molecule has 1 unspecified atom stereocenters. The molecule has 0 radical (unpaired) electrons. The molecule has 0 saturated heterocycles. The van der Waals surface area contributed by atoms with Crippen molar-refractivity contribution < 1.29 is 9.18 Å². The third kappa shape index (κ3) is 3.44. The Morgan fingerprint density at radius 3 is 2.48 bits per heavy atom. The highest BCUT2D eigenvalue weighted by Gasteiger charge is 2.17. The van der Waals surface area contributed by atoms with Crippen LogP contribution in [0.3, 0.4) is 0 Å². The second-order valence-corrected chi connectivity index (χ2v) is 7.53. The summed E-state index contributed by atoms with van der Waals surface area (Å²) in [6, 6.07) is 25.7. The number of benzene rings is 4. The maximum Gasteiger partial charge on any atom is 0.252 e. The highest BCUT2D eigenvalue weighted by Crippen LogP contribution is 2.26.